The van der Waals surface area contributed by atoms with Gasteiger partial charge in [0.1, 0.15) is 5.75 Å². The standard InChI is InChI=1S/C17H15N3O4S/c1-11-16(10-12-2-6-14(21)7-3-12)17(22)20(19-11)13-4-8-15(9-5-13)25(18,23)24/h2-10,21H,1H3,(H2,18,23,24)/b16-10-. The molecule has 1 aliphatic rings. The lowest BCUT2D eigenvalue weighted by Crippen LogP contribution is -2.21. The number of hydrogen-bond donors (Lipinski definition) is 2. The number of sulfonamides is 1. The largest absolute Gasteiger partial charge is 0.508 e. The lowest BCUT2D eigenvalue weighted by molar-refractivity contribution is -0.114. The molecule has 25 heavy (non-hydrogen) atoms. The van der Waals surface area contributed by atoms with E-state index in [0.29, 0.717) is 17.0 Å². The fraction of sp³-hybridized carbons (Fsp3) is 0.0588. The summed E-state index contributed by atoms with van der Waals surface area (Å²) in [5, 5.41) is 19.8. The molecule has 1 amide bonds. The van der Waals surface area contributed by atoms with E-state index in [2.05, 4.69) is 5.10 Å². The maximum Gasteiger partial charge on any atom is 0.280 e. The Kier molecular flexibility index (Phi) is 4.15. The Labute approximate surface area is 144 Å². The van der Waals surface area contributed by atoms with Crippen LogP contribution in [0.1, 0.15) is 12.5 Å². The van der Waals surface area contributed by atoms with Crippen LogP contribution in [0, 0.1) is 0 Å². The Morgan fingerprint density at radius 2 is 1.68 bits per heavy atom. The van der Waals surface area contributed by atoms with Crippen molar-refractivity contribution in [2.45, 2.75) is 11.8 Å². The molecule has 0 fully saturated rings. The zero-order chi connectivity index (χ0) is 18.2. The van der Waals surface area contributed by atoms with Crippen LogP contribution in [0.4, 0.5) is 5.69 Å². The second-order valence-electron chi connectivity index (χ2n) is 5.49. The van der Waals surface area contributed by atoms with Crippen LogP contribution in [0.3, 0.4) is 0 Å². The zero-order valence-corrected chi connectivity index (χ0v) is 14.1. The molecule has 3 rings (SSSR count). The Balaban J connectivity index is 1.91. The molecule has 2 aromatic rings. The van der Waals surface area contributed by atoms with E-state index >= 15 is 0 Å². The molecule has 0 unspecified atom stereocenters. The molecule has 0 spiro atoms. The first-order chi connectivity index (χ1) is 11.8. The number of nitrogens with zero attached hydrogens (tertiary/aromatic N) is 2. The molecule has 1 aliphatic heterocycles. The molecule has 128 valence electrons. The monoisotopic (exact) mass is 357 g/mol. The van der Waals surface area contributed by atoms with Gasteiger partial charge in [0.15, 0.2) is 0 Å². The molecule has 0 radical (unpaired) electrons. The van der Waals surface area contributed by atoms with E-state index in [1.165, 1.54) is 41.4 Å². The smallest absolute Gasteiger partial charge is 0.280 e. The first-order valence-electron chi connectivity index (χ1n) is 7.29. The summed E-state index contributed by atoms with van der Waals surface area (Å²) in [6.45, 7) is 1.71. The highest BCUT2D eigenvalue weighted by Gasteiger charge is 2.28. The van der Waals surface area contributed by atoms with Crippen molar-refractivity contribution in [1.82, 2.24) is 0 Å². The molecule has 0 aromatic heterocycles. The minimum absolute atomic E-state index is 0.0385. The minimum atomic E-state index is -3.79. The normalized spacial score (nSPS) is 16.4. The first kappa shape index (κ1) is 16.9. The maximum absolute atomic E-state index is 12.6. The number of anilines is 1. The van der Waals surface area contributed by atoms with Crippen LogP contribution in [0.5, 0.6) is 5.75 Å². The Morgan fingerprint density at radius 3 is 2.24 bits per heavy atom. The highest BCUT2D eigenvalue weighted by atomic mass is 32.2. The number of rotatable bonds is 3. The van der Waals surface area contributed by atoms with Crippen molar-refractivity contribution in [1.29, 1.82) is 0 Å². The Bertz CT molecular complexity index is 991. The maximum atomic E-state index is 12.6. The predicted octanol–water partition coefficient (Wildman–Crippen LogP) is 1.85. The van der Waals surface area contributed by atoms with Crippen molar-refractivity contribution in [3.05, 3.63) is 59.7 Å². The number of phenolic OH excluding ortho intramolecular Hbond substituents is 1. The number of primary sulfonamides is 1. The van der Waals surface area contributed by atoms with Gasteiger partial charge in [0.25, 0.3) is 5.91 Å². The van der Waals surface area contributed by atoms with Gasteiger partial charge >= 0.3 is 0 Å². The number of hydrazone groups is 1. The fourth-order valence-electron chi connectivity index (χ4n) is 2.37. The van der Waals surface area contributed by atoms with Crippen molar-refractivity contribution >= 4 is 33.4 Å². The second-order valence-corrected chi connectivity index (χ2v) is 7.05. The van der Waals surface area contributed by atoms with Gasteiger partial charge < -0.3 is 5.11 Å². The Hall–Kier alpha value is -2.97. The van der Waals surface area contributed by atoms with Crippen molar-refractivity contribution in [3.63, 3.8) is 0 Å². The summed E-state index contributed by atoms with van der Waals surface area (Å²) in [6.07, 6.45) is 1.68. The highest BCUT2D eigenvalue weighted by Crippen LogP contribution is 2.26. The summed E-state index contributed by atoms with van der Waals surface area (Å²) in [5.74, 6) is -0.184. The van der Waals surface area contributed by atoms with Crippen molar-refractivity contribution in [2.75, 3.05) is 5.01 Å². The number of hydrogen-bond acceptors (Lipinski definition) is 5. The van der Waals surface area contributed by atoms with Gasteiger partial charge in [0, 0.05) is 0 Å². The van der Waals surface area contributed by atoms with Gasteiger partial charge in [-0.25, -0.2) is 13.6 Å². The molecule has 0 aliphatic carbocycles. The second kappa shape index (κ2) is 6.15. The number of aromatic hydroxyl groups is 1. The third kappa shape index (κ3) is 3.44. The van der Waals surface area contributed by atoms with Crippen LogP contribution in [0.25, 0.3) is 6.08 Å². The van der Waals surface area contributed by atoms with Crippen LogP contribution < -0.4 is 10.1 Å². The van der Waals surface area contributed by atoms with Gasteiger partial charge in [-0.1, -0.05) is 12.1 Å². The molecular weight excluding hydrogens is 342 g/mol. The molecule has 0 bridgehead atoms. The quantitative estimate of drug-likeness (QED) is 0.816. The molecule has 1 heterocycles. The van der Waals surface area contributed by atoms with Gasteiger partial charge in [-0.3, -0.25) is 4.79 Å². The molecule has 2 aromatic carbocycles. The molecular formula is C17H15N3O4S. The number of amides is 1. The molecule has 3 N–H and O–H groups in total. The SMILES string of the molecule is CC1=NN(c2ccc(S(N)(=O)=O)cc2)C(=O)/C1=C\c1ccc(O)cc1. The molecule has 0 saturated carbocycles. The van der Waals surface area contributed by atoms with E-state index in [1.54, 1.807) is 25.1 Å². The van der Waals surface area contributed by atoms with E-state index in [-0.39, 0.29) is 16.6 Å². The van der Waals surface area contributed by atoms with E-state index in [4.69, 9.17) is 5.14 Å². The topological polar surface area (TPSA) is 113 Å². The van der Waals surface area contributed by atoms with E-state index < -0.39 is 10.0 Å². The van der Waals surface area contributed by atoms with Gasteiger partial charge in [0.05, 0.1) is 21.9 Å². The summed E-state index contributed by atoms with van der Waals surface area (Å²) < 4.78 is 22.6. The number of carbonyl (C=O) groups is 1. The van der Waals surface area contributed by atoms with Crippen molar-refractivity contribution in [3.8, 4) is 5.75 Å². The highest BCUT2D eigenvalue weighted by molar-refractivity contribution is 7.89. The first-order valence-corrected chi connectivity index (χ1v) is 8.84. The van der Waals surface area contributed by atoms with Crippen molar-refractivity contribution < 1.29 is 18.3 Å². The zero-order valence-electron chi connectivity index (χ0n) is 13.2. The van der Waals surface area contributed by atoms with Crippen LogP contribution >= 0.6 is 0 Å². The third-order valence-electron chi connectivity index (χ3n) is 3.68. The van der Waals surface area contributed by atoms with Crippen LogP contribution in [0.2, 0.25) is 0 Å². The van der Waals surface area contributed by atoms with Crippen LogP contribution in [-0.2, 0) is 14.8 Å². The Morgan fingerprint density at radius 1 is 1.08 bits per heavy atom. The van der Waals surface area contributed by atoms with Gasteiger partial charge in [-0.15, -0.1) is 0 Å². The average Bonchev–Trinajstić information content (AvgIpc) is 2.84. The van der Waals surface area contributed by atoms with Crippen LogP contribution in [-0.4, -0.2) is 25.1 Å². The summed E-state index contributed by atoms with van der Waals surface area (Å²) in [4.78, 5) is 12.6. The summed E-state index contributed by atoms with van der Waals surface area (Å²) in [5.41, 5.74) is 2.14. The average molecular weight is 357 g/mol. The lowest BCUT2D eigenvalue weighted by atomic mass is 10.1. The van der Waals surface area contributed by atoms with Crippen molar-refractivity contribution in [2.24, 2.45) is 10.2 Å². The fourth-order valence-corrected chi connectivity index (χ4v) is 2.89. The summed E-state index contributed by atoms with van der Waals surface area (Å²) in [7, 11) is -3.79. The van der Waals surface area contributed by atoms with E-state index in [9.17, 15) is 18.3 Å². The number of carbonyl (C=O) groups excluding carboxylic acids is 1. The predicted molar refractivity (Wildman–Crippen MR) is 94.5 cm³/mol. The number of phenols is 1. The van der Waals surface area contributed by atoms with E-state index in [1.807, 2.05) is 0 Å². The van der Waals surface area contributed by atoms with Crippen LogP contribution in [0.15, 0.2) is 64.1 Å². The summed E-state index contributed by atoms with van der Waals surface area (Å²) in [6, 6.07) is 12.0. The third-order valence-corrected chi connectivity index (χ3v) is 4.61. The molecule has 7 nitrogen and oxygen atoms in total. The molecule has 0 atom stereocenters. The molecule has 0 saturated heterocycles. The minimum Gasteiger partial charge on any atom is -0.508 e. The number of nitrogens with two attached hydrogens (primary N) is 1. The van der Waals surface area contributed by atoms with Gasteiger partial charge in [-0.05, 0) is 55.0 Å². The lowest BCUT2D eigenvalue weighted by Gasteiger charge is -2.12. The molecule has 8 heteroatoms. The summed E-state index contributed by atoms with van der Waals surface area (Å²) >= 11 is 0. The van der Waals surface area contributed by atoms with Gasteiger partial charge in [0.2, 0.25) is 10.0 Å². The number of benzene rings is 2. The van der Waals surface area contributed by atoms with Gasteiger partial charge in [-0.2, -0.15) is 10.1 Å². The van der Waals surface area contributed by atoms with E-state index in [0.717, 1.165) is 5.56 Å².